The normalized spacial score (nSPS) is 22.9. The number of esters is 1. The molecule has 6 nitrogen and oxygen atoms in total. The van der Waals surface area contributed by atoms with Crippen LogP contribution in [0, 0.1) is 16.0 Å². The van der Waals surface area contributed by atoms with E-state index < -0.39 is 0 Å². The molecule has 6 heteroatoms. The van der Waals surface area contributed by atoms with Gasteiger partial charge < -0.3 is 10.1 Å². The van der Waals surface area contributed by atoms with E-state index in [4.69, 9.17) is 4.74 Å². The van der Waals surface area contributed by atoms with Gasteiger partial charge in [-0.15, -0.1) is 0 Å². The van der Waals surface area contributed by atoms with Gasteiger partial charge >= 0.3 is 5.97 Å². The maximum Gasteiger partial charge on any atom is 0.337 e. The third-order valence-electron chi connectivity index (χ3n) is 5.25. The van der Waals surface area contributed by atoms with Crippen LogP contribution in [0.25, 0.3) is 0 Å². The van der Waals surface area contributed by atoms with Gasteiger partial charge in [-0.1, -0.05) is 24.3 Å². The number of methoxy groups -OCH3 is 1. The number of allylic oxidation sites excluding steroid dienone is 2. The Morgan fingerprint density at radius 1 is 1.23 bits per heavy atom. The number of hydrogen-bond acceptors (Lipinski definition) is 5. The van der Waals surface area contributed by atoms with Crippen LogP contribution in [0.5, 0.6) is 0 Å². The molecule has 2 aromatic carbocycles. The first kappa shape index (κ1) is 16.3. The summed E-state index contributed by atoms with van der Waals surface area (Å²) in [5.41, 5.74) is 3.61. The number of nitro groups is 1. The van der Waals surface area contributed by atoms with Crippen molar-refractivity contribution in [2.75, 3.05) is 12.4 Å². The molecule has 0 bridgehead atoms. The lowest BCUT2D eigenvalue weighted by molar-refractivity contribution is -0.384. The van der Waals surface area contributed by atoms with Crippen LogP contribution >= 0.6 is 0 Å². The molecule has 0 spiro atoms. The van der Waals surface area contributed by atoms with Gasteiger partial charge in [0, 0.05) is 23.7 Å². The smallest absolute Gasteiger partial charge is 0.337 e. The molecule has 0 radical (unpaired) electrons. The average Bonchev–Trinajstić information content (AvgIpc) is 3.16. The molecule has 2 aliphatic rings. The molecular weight excluding hydrogens is 332 g/mol. The van der Waals surface area contributed by atoms with Crippen LogP contribution < -0.4 is 5.32 Å². The average molecular weight is 350 g/mol. The quantitative estimate of drug-likeness (QED) is 0.388. The van der Waals surface area contributed by atoms with Crippen molar-refractivity contribution in [2.45, 2.75) is 18.4 Å². The summed E-state index contributed by atoms with van der Waals surface area (Å²) in [5.74, 6) is 0.0798. The van der Waals surface area contributed by atoms with Gasteiger partial charge in [-0.2, -0.15) is 0 Å². The highest BCUT2D eigenvalue weighted by molar-refractivity contribution is 5.89. The van der Waals surface area contributed by atoms with Crippen LogP contribution in [-0.2, 0) is 4.74 Å². The molecule has 0 fully saturated rings. The van der Waals surface area contributed by atoms with Crippen LogP contribution in [0.15, 0.2) is 54.6 Å². The van der Waals surface area contributed by atoms with E-state index in [0.29, 0.717) is 5.56 Å². The van der Waals surface area contributed by atoms with Crippen LogP contribution in [0.2, 0.25) is 0 Å². The Balaban J connectivity index is 1.69. The standard InChI is InChI=1S/C20H18N2O4/c1-26-20(23)13-7-5-12(6-8-13)19-16-4-2-3-15(16)17-11-14(22(24)25)9-10-18(17)21-19/h2-3,5-11,15-16,19,21H,4H2,1H3/t15-,16-,19-/m1/s1. The van der Waals surface area contributed by atoms with Crippen molar-refractivity contribution in [3.05, 3.63) is 81.4 Å². The number of rotatable bonds is 3. The van der Waals surface area contributed by atoms with E-state index in [1.54, 1.807) is 24.3 Å². The van der Waals surface area contributed by atoms with Gasteiger partial charge in [0.1, 0.15) is 0 Å². The zero-order valence-electron chi connectivity index (χ0n) is 14.2. The van der Waals surface area contributed by atoms with Crippen molar-refractivity contribution in [1.29, 1.82) is 0 Å². The second-order valence-electron chi connectivity index (χ2n) is 6.62. The number of nitro benzene ring substituents is 1. The first-order valence-electron chi connectivity index (χ1n) is 8.48. The third-order valence-corrected chi connectivity index (χ3v) is 5.25. The summed E-state index contributed by atoms with van der Waals surface area (Å²) in [7, 11) is 1.36. The Morgan fingerprint density at radius 2 is 2.00 bits per heavy atom. The molecule has 1 heterocycles. The van der Waals surface area contributed by atoms with Gasteiger partial charge in [-0.05, 0) is 41.7 Å². The molecular formula is C20H18N2O4. The zero-order chi connectivity index (χ0) is 18.3. The Morgan fingerprint density at radius 3 is 2.69 bits per heavy atom. The van der Waals surface area contributed by atoms with E-state index in [1.807, 2.05) is 12.1 Å². The molecule has 1 aliphatic carbocycles. The molecule has 0 aromatic heterocycles. The number of nitrogens with one attached hydrogen (secondary N) is 1. The number of anilines is 1. The molecule has 0 unspecified atom stereocenters. The zero-order valence-corrected chi connectivity index (χ0v) is 14.2. The van der Waals surface area contributed by atoms with E-state index in [-0.39, 0.29) is 34.5 Å². The van der Waals surface area contributed by atoms with Crippen molar-refractivity contribution >= 4 is 17.3 Å². The lowest BCUT2D eigenvalue weighted by Gasteiger charge is -2.37. The molecule has 0 saturated heterocycles. The number of nitrogens with zero attached hydrogens (tertiary/aromatic N) is 1. The molecule has 4 rings (SSSR count). The lowest BCUT2D eigenvalue weighted by Crippen LogP contribution is -2.29. The highest BCUT2D eigenvalue weighted by atomic mass is 16.6. The van der Waals surface area contributed by atoms with Gasteiger partial charge in [-0.3, -0.25) is 10.1 Å². The minimum Gasteiger partial charge on any atom is -0.465 e. The van der Waals surface area contributed by atoms with Gasteiger partial charge in [-0.25, -0.2) is 4.79 Å². The fraction of sp³-hybridized carbons (Fsp3) is 0.250. The Bertz CT molecular complexity index is 905. The molecule has 26 heavy (non-hydrogen) atoms. The van der Waals surface area contributed by atoms with Gasteiger partial charge in [0.25, 0.3) is 5.69 Å². The summed E-state index contributed by atoms with van der Waals surface area (Å²) < 4.78 is 4.75. The second-order valence-corrected chi connectivity index (χ2v) is 6.62. The van der Waals surface area contributed by atoms with E-state index in [0.717, 1.165) is 23.2 Å². The van der Waals surface area contributed by atoms with Crippen molar-refractivity contribution in [3.8, 4) is 0 Å². The van der Waals surface area contributed by atoms with E-state index in [9.17, 15) is 14.9 Å². The monoisotopic (exact) mass is 350 g/mol. The SMILES string of the molecule is COC(=O)c1ccc([C@H]2Nc3ccc([N+](=O)[O-])cc3[C@@H]3C=CC[C@@H]23)cc1. The van der Waals surface area contributed by atoms with Crippen LogP contribution in [0.1, 0.15) is 39.9 Å². The van der Waals surface area contributed by atoms with Gasteiger partial charge in [0.2, 0.25) is 0 Å². The van der Waals surface area contributed by atoms with Gasteiger partial charge in [0.15, 0.2) is 0 Å². The number of non-ortho nitro benzene ring substituents is 1. The molecule has 1 aliphatic heterocycles. The number of hydrogen-bond donors (Lipinski definition) is 1. The van der Waals surface area contributed by atoms with E-state index in [2.05, 4.69) is 17.5 Å². The Hall–Kier alpha value is -3.15. The predicted octanol–water partition coefficient (Wildman–Crippen LogP) is 4.21. The molecule has 1 N–H and O–H groups in total. The fourth-order valence-electron chi connectivity index (χ4n) is 3.97. The van der Waals surface area contributed by atoms with Crippen molar-refractivity contribution in [2.24, 2.45) is 5.92 Å². The molecule has 0 amide bonds. The summed E-state index contributed by atoms with van der Waals surface area (Å²) >= 11 is 0. The summed E-state index contributed by atoms with van der Waals surface area (Å²) in [4.78, 5) is 22.4. The van der Waals surface area contributed by atoms with E-state index in [1.165, 1.54) is 13.2 Å². The minimum absolute atomic E-state index is 0.0793. The van der Waals surface area contributed by atoms with Crippen molar-refractivity contribution < 1.29 is 14.5 Å². The van der Waals surface area contributed by atoms with Crippen molar-refractivity contribution in [1.82, 2.24) is 0 Å². The van der Waals surface area contributed by atoms with Gasteiger partial charge in [0.05, 0.1) is 23.6 Å². The van der Waals surface area contributed by atoms with Crippen LogP contribution in [-0.4, -0.2) is 18.0 Å². The largest absolute Gasteiger partial charge is 0.465 e. The molecule has 0 saturated carbocycles. The summed E-state index contributed by atoms with van der Waals surface area (Å²) in [6.45, 7) is 0. The number of benzene rings is 2. The summed E-state index contributed by atoms with van der Waals surface area (Å²) in [5, 5.41) is 14.6. The first-order chi connectivity index (χ1) is 12.6. The fourth-order valence-corrected chi connectivity index (χ4v) is 3.97. The topological polar surface area (TPSA) is 81.5 Å². The first-order valence-corrected chi connectivity index (χ1v) is 8.48. The Labute approximate surface area is 150 Å². The van der Waals surface area contributed by atoms with E-state index >= 15 is 0 Å². The summed E-state index contributed by atoms with van der Waals surface area (Å²) in [6, 6.07) is 12.5. The highest BCUT2D eigenvalue weighted by Gasteiger charge is 2.38. The molecule has 132 valence electrons. The van der Waals surface area contributed by atoms with Crippen LogP contribution in [0.4, 0.5) is 11.4 Å². The summed E-state index contributed by atoms with van der Waals surface area (Å²) in [6.07, 6.45) is 5.19. The lowest BCUT2D eigenvalue weighted by atomic mass is 9.77. The highest BCUT2D eigenvalue weighted by Crippen LogP contribution is 2.50. The number of carbonyl (C=O) groups excluding carboxylic acids is 1. The predicted molar refractivity (Wildman–Crippen MR) is 97.2 cm³/mol. The molecule has 2 aromatic rings. The third kappa shape index (κ3) is 2.63. The van der Waals surface area contributed by atoms with Crippen molar-refractivity contribution in [3.63, 3.8) is 0 Å². The maximum absolute atomic E-state index is 11.6. The number of carbonyl (C=O) groups is 1. The number of ether oxygens (including phenoxy) is 1. The Kier molecular flexibility index (Phi) is 3.95. The maximum atomic E-state index is 11.6. The number of fused-ring (bicyclic) bond motifs is 3. The minimum atomic E-state index is -0.356. The second kappa shape index (κ2) is 6.29. The molecule has 3 atom stereocenters. The van der Waals surface area contributed by atoms with Crippen LogP contribution in [0.3, 0.4) is 0 Å².